The lowest BCUT2D eigenvalue weighted by Gasteiger charge is -2.34. The zero-order valence-electron chi connectivity index (χ0n) is 11.5. The number of rotatable bonds is 3. The summed E-state index contributed by atoms with van der Waals surface area (Å²) in [7, 11) is 1.57. The molecule has 0 amide bonds. The highest BCUT2D eigenvalue weighted by Gasteiger charge is 2.34. The molecule has 1 heterocycles. The maximum atomic E-state index is 9.61. The Kier molecular flexibility index (Phi) is 4.03. The molecular weight excluding hydrogens is 336 g/mol. The predicted octanol–water partition coefficient (Wildman–Crippen LogP) is 3.33. The Morgan fingerprint density at radius 2 is 1.95 bits per heavy atom. The molecule has 0 fully saturated rings. The summed E-state index contributed by atoms with van der Waals surface area (Å²) < 4.78 is 18.1. The van der Waals surface area contributed by atoms with Crippen LogP contribution in [0.2, 0.25) is 0 Å². The fourth-order valence-corrected chi connectivity index (χ4v) is 2.80. The lowest BCUT2D eigenvalue weighted by Crippen LogP contribution is -2.36. The van der Waals surface area contributed by atoms with E-state index in [1.807, 2.05) is 36.4 Å². The number of benzene rings is 2. The molecule has 110 valence electrons. The Hall–Kier alpha value is -1.72. The number of aliphatic hydroxyl groups is 1. The van der Waals surface area contributed by atoms with Crippen LogP contribution in [-0.2, 0) is 0 Å². The first kappa shape index (κ1) is 14.2. The number of hydrogen-bond acceptors (Lipinski definition) is 4. The number of fused-ring (bicyclic) bond motifs is 1. The van der Waals surface area contributed by atoms with Gasteiger partial charge in [-0.05, 0) is 17.7 Å². The average molecular weight is 351 g/mol. The Labute approximate surface area is 131 Å². The van der Waals surface area contributed by atoms with Gasteiger partial charge in [-0.1, -0.05) is 46.3 Å². The lowest BCUT2D eigenvalue weighted by atomic mass is 10.0. The number of halogens is 1. The van der Waals surface area contributed by atoms with Crippen molar-refractivity contribution in [3.05, 3.63) is 52.5 Å². The smallest absolute Gasteiger partial charge is 0.204 e. The summed E-state index contributed by atoms with van der Waals surface area (Å²) in [6, 6.07) is 13.4. The Morgan fingerprint density at radius 1 is 1.19 bits per heavy atom. The number of hydrogen-bond donors (Lipinski definition) is 1. The summed E-state index contributed by atoms with van der Waals surface area (Å²) in [6.45, 7) is -0.141. The van der Waals surface area contributed by atoms with Gasteiger partial charge in [0.05, 0.1) is 13.7 Å². The van der Waals surface area contributed by atoms with E-state index in [1.54, 1.807) is 13.2 Å². The molecule has 0 radical (unpaired) electrons. The normalized spacial score (nSPS) is 20.1. The lowest BCUT2D eigenvalue weighted by molar-refractivity contribution is -0.0141. The van der Waals surface area contributed by atoms with E-state index >= 15 is 0 Å². The molecule has 1 aliphatic heterocycles. The van der Waals surface area contributed by atoms with Gasteiger partial charge >= 0.3 is 0 Å². The van der Waals surface area contributed by atoms with Gasteiger partial charge in [-0.3, -0.25) is 0 Å². The van der Waals surface area contributed by atoms with Gasteiger partial charge in [0.1, 0.15) is 0 Å². The van der Waals surface area contributed by atoms with Crippen molar-refractivity contribution in [3.8, 4) is 17.2 Å². The highest BCUT2D eigenvalue weighted by molar-refractivity contribution is 9.10. The van der Waals surface area contributed by atoms with Gasteiger partial charge < -0.3 is 19.3 Å². The highest BCUT2D eigenvalue weighted by atomic mass is 79.9. The Balaban J connectivity index is 2.02. The van der Waals surface area contributed by atoms with Gasteiger partial charge in [-0.15, -0.1) is 0 Å². The van der Waals surface area contributed by atoms with Crippen LogP contribution in [0.15, 0.2) is 46.9 Å². The first-order valence-electron chi connectivity index (χ1n) is 6.59. The molecule has 2 aromatic rings. The molecule has 21 heavy (non-hydrogen) atoms. The van der Waals surface area contributed by atoms with Crippen LogP contribution in [0.5, 0.6) is 17.2 Å². The van der Waals surface area contributed by atoms with Crippen molar-refractivity contribution in [2.75, 3.05) is 13.7 Å². The number of methoxy groups -OCH3 is 1. The van der Waals surface area contributed by atoms with Crippen molar-refractivity contribution in [2.24, 2.45) is 0 Å². The molecule has 2 atom stereocenters. The maximum Gasteiger partial charge on any atom is 0.204 e. The molecule has 0 spiro atoms. The van der Waals surface area contributed by atoms with Gasteiger partial charge in [0.25, 0.3) is 0 Å². The second-order valence-electron chi connectivity index (χ2n) is 4.72. The summed E-state index contributed by atoms with van der Waals surface area (Å²) >= 11 is 3.43. The third-order valence-electron chi connectivity index (χ3n) is 3.37. The summed E-state index contributed by atoms with van der Waals surface area (Å²) in [4.78, 5) is 0. The first-order valence-corrected chi connectivity index (χ1v) is 7.39. The molecule has 0 saturated heterocycles. The fourth-order valence-electron chi connectivity index (χ4n) is 2.38. The van der Waals surface area contributed by atoms with Crippen LogP contribution >= 0.6 is 15.9 Å². The minimum absolute atomic E-state index is 0.141. The van der Waals surface area contributed by atoms with Crippen LogP contribution in [0.4, 0.5) is 0 Å². The summed E-state index contributed by atoms with van der Waals surface area (Å²) in [5, 5.41) is 9.61. The number of ether oxygens (including phenoxy) is 3. The molecule has 0 unspecified atom stereocenters. The average Bonchev–Trinajstić information content (AvgIpc) is 2.53. The molecule has 1 N–H and O–H groups in total. The second-order valence-corrected chi connectivity index (χ2v) is 5.64. The van der Waals surface area contributed by atoms with Crippen LogP contribution in [0.25, 0.3) is 0 Å². The highest BCUT2D eigenvalue weighted by Crippen LogP contribution is 2.46. The fraction of sp³-hybridized carbons (Fsp3) is 0.250. The molecule has 0 aromatic heterocycles. The summed E-state index contributed by atoms with van der Waals surface area (Å²) in [6.07, 6.45) is -0.835. The van der Waals surface area contributed by atoms with Crippen LogP contribution < -0.4 is 14.2 Å². The van der Waals surface area contributed by atoms with Crippen LogP contribution in [0.1, 0.15) is 11.7 Å². The zero-order valence-corrected chi connectivity index (χ0v) is 13.0. The van der Waals surface area contributed by atoms with Crippen LogP contribution in [0, 0.1) is 0 Å². The van der Waals surface area contributed by atoms with E-state index in [0.717, 1.165) is 10.0 Å². The van der Waals surface area contributed by atoms with Gasteiger partial charge in [0.2, 0.25) is 5.75 Å². The van der Waals surface area contributed by atoms with E-state index in [0.29, 0.717) is 17.2 Å². The van der Waals surface area contributed by atoms with Crippen LogP contribution in [0.3, 0.4) is 0 Å². The predicted molar refractivity (Wildman–Crippen MR) is 82.0 cm³/mol. The quantitative estimate of drug-likeness (QED) is 0.922. The minimum Gasteiger partial charge on any atom is -0.493 e. The van der Waals surface area contributed by atoms with E-state index in [4.69, 9.17) is 14.2 Å². The van der Waals surface area contributed by atoms with Crippen molar-refractivity contribution in [2.45, 2.75) is 12.2 Å². The summed E-state index contributed by atoms with van der Waals surface area (Å²) in [5.41, 5.74) is 0.959. The van der Waals surface area contributed by atoms with Crippen LogP contribution in [-0.4, -0.2) is 24.9 Å². The second kappa shape index (κ2) is 5.95. The third kappa shape index (κ3) is 2.71. The Morgan fingerprint density at radius 3 is 2.62 bits per heavy atom. The molecule has 0 aliphatic carbocycles. The van der Waals surface area contributed by atoms with Crippen molar-refractivity contribution in [3.63, 3.8) is 0 Å². The van der Waals surface area contributed by atoms with E-state index in [-0.39, 0.29) is 12.7 Å². The zero-order chi connectivity index (χ0) is 14.8. The van der Waals surface area contributed by atoms with Gasteiger partial charge in [0, 0.05) is 4.47 Å². The third-order valence-corrected chi connectivity index (χ3v) is 3.83. The van der Waals surface area contributed by atoms with Crippen molar-refractivity contribution < 1.29 is 19.3 Å². The van der Waals surface area contributed by atoms with Crippen molar-refractivity contribution >= 4 is 15.9 Å². The molecule has 1 aliphatic rings. The molecule has 3 rings (SSSR count). The minimum atomic E-state index is -0.477. The van der Waals surface area contributed by atoms with Crippen molar-refractivity contribution in [1.82, 2.24) is 0 Å². The first-order chi connectivity index (χ1) is 10.2. The molecule has 5 heteroatoms. The SMILES string of the molecule is COc1cc(Br)cc2c1O[C@@H](CO)[C@H](c1ccccc1)O2. The van der Waals surface area contributed by atoms with E-state index in [2.05, 4.69) is 15.9 Å². The van der Waals surface area contributed by atoms with E-state index in [1.165, 1.54) is 0 Å². The van der Waals surface area contributed by atoms with Crippen molar-refractivity contribution in [1.29, 1.82) is 0 Å². The van der Waals surface area contributed by atoms with Gasteiger partial charge in [-0.2, -0.15) is 0 Å². The molecular formula is C16H15BrO4. The van der Waals surface area contributed by atoms with Gasteiger partial charge in [0.15, 0.2) is 23.7 Å². The molecule has 0 saturated carbocycles. The monoisotopic (exact) mass is 350 g/mol. The molecule has 0 bridgehead atoms. The largest absolute Gasteiger partial charge is 0.493 e. The maximum absolute atomic E-state index is 9.61. The summed E-state index contributed by atoms with van der Waals surface area (Å²) in [5.74, 6) is 1.69. The standard InChI is InChI=1S/C16H15BrO4/c1-19-12-7-11(17)8-13-16(12)21-14(9-18)15(20-13)10-5-3-2-4-6-10/h2-8,14-15,18H,9H2,1H3/t14-,15-/m0/s1. The Bertz CT molecular complexity index is 630. The van der Waals surface area contributed by atoms with E-state index in [9.17, 15) is 5.11 Å². The molecule has 4 nitrogen and oxygen atoms in total. The number of aliphatic hydroxyl groups excluding tert-OH is 1. The molecule has 2 aromatic carbocycles. The van der Waals surface area contributed by atoms with Gasteiger partial charge in [-0.25, -0.2) is 0 Å². The van der Waals surface area contributed by atoms with E-state index < -0.39 is 6.10 Å². The topological polar surface area (TPSA) is 47.9 Å².